The van der Waals surface area contributed by atoms with Gasteiger partial charge in [-0.05, 0) is 48.1 Å². The fraction of sp³-hybridized carbons (Fsp3) is 0.667. The van der Waals surface area contributed by atoms with Crippen molar-refractivity contribution in [3.05, 3.63) is 21.4 Å². The summed E-state index contributed by atoms with van der Waals surface area (Å²) in [5.74, 6) is 0.720. The molecule has 72 valence electrons. The summed E-state index contributed by atoms with van der Waals surface area (Å²) in [6, 6.07) is 0. The van der Waals surface area contributed by atoms with E-state index >= 15 is 0 Å². The van der Waals surface area contributed by atoms with Crippen molar-refractivity contribution in [2.45, 2.75) is 51.9 Å². The van der Waals surface area contributed by atoms with E-state index < -0.39 is 0 Å². The lowest BCUT2D eigenvalue weighted by Crippen LogP contribution is -1.93. The lowest BCUT2D eigenvalue weighted by Gasteiger charge is -2.06. The second kappa shape index (κ2) is 3.83. The third kappa shape index (κ3) is 1.80. The minimum atomic E-state index is 0.720. The van der Waals surface area contributed by atoms with Gasteiger partial charge in [0.2, 0.25) is 0 Å². The van der Waals surface area contributed by atoms with Crippen molar-refractivity contribution < 1.29 is 0 Å². The fourth-order valence-electron chi connectivity index (χ4n) is 2.18. The number of hydrogen-bond donors (Lipinski definition) is 0. The van der Waals surface area contributed by atoms with Gasteiger partial charge in [-0.1, -0.05) is 20.3 Å². The van der Waals surface area contributed by atoms with Crippen LogP contribution >= 0.6 is 11.3 Å². The Morgan fingerprint density at radius 3 is 2.69 bits per heavy atom. The third-order valence-corrected chi connectivity index (χ3v) is 4.07. The van der Waals surface area contributed by atoms with Crippen molar-refractivity contribution >= 4 is 11.3 Å². The summed E-state index contributed by atoms with van der Waals surface area (Å²) >= 11 is 1.99. The zero-order valence-electron chi connectivity index (χ0n) is 8.60. The molecule has 1 heterocycles. The predicted octanol–water partition coefficient (Wildman–Crippen LogP) is 4.14. The molecule has 1 aromatic heterocycles. The Kier molecular flexibility index (Phi) is 2.73. The Balaban J connectivity index is 2.34. The van der Waals surface area contributed by atoms with Crippen molar-refractivity contribution in [2.24, 2.45) is 0 Å². The first-order chi connectivity index (χ1) is 6.29. The van der Waals surface area contributed by atoms with Gasteiger partial charge in [0, 0.05) is 4.88 Å². The van der Waals surface area contributed by atoms with Gasteiger partial charge in [-0.25, -0.2) is 0 Å². The lowest BCUT2D eigenvalue weighted by molar-refractivity contribution is 0.709. The maximum absolute atomic E-state index is 2.39. The average molecular weight is 194 g/mol. The molecule has 0 N–H and O–H groups in total. The zero-order chi connectivity index (χ0) is 9.26. The molecule has 1 aromatic rings. The molecule has 0 aromatic carbocycles. The van der Waals surface area contributed by atoms with Crippen LogP contribution in [0.4, 0.5) is 0 Å². The van der Waals surface area contributed by atoms with Crippen LogP contribution in [0.3, 0.4) is 0 Å². The van der Waals surface area contributed by atoms with Gasteiger partial charge in [0.25, 0.3) is 0 Å². The van der Waals surface area contributed by atoms with Crippen molar-refractivity contribution in [1.82, 2.24) is 0 Å². The number of fused-ring (bicyclic) bond motifs is 1. The molecule has 13 heavy (non-hydrogen) atoms. The van der Waals surface area contributed by atoms with Crippen LogP contribution in [0, 0.1) is 0 Å². The van der Waals surface area contributed by atoms with Crippen molar-refractivity contribution in [3.63, 3.8) is 0 Å². The molecule has 0 unspecified atom stereocenters. The van der Waals surface area contributed by atoms with Gasteiger partial charge >= 0.3 is 0 Å². The first-order valence-corrected chi connectivity index (χ1v) is 6.26. The molecular weight excluding hydrogens is 176 g/mol. The van der Waals surface area contributed by atoms with Gasteiger partial charge in [0.1, 0.15) is 0 Å². The SMILES string of the molecule is CC(C)c1csc2c1CCCCC2. The number of hydrogen-bond acceptors (Lipinski definition) is 1. The molecule has 0 bridgehead atoms. The minimum absolute atomic E-state index is 0.720. The zero-order valence-corrected chi connectivity index (χ0v) is 9.41. The molecule has 1 aliphatic rings. The van der Waals surface area contributed by atoms with E-state index in [1.807, 2.05) is 11.3 Å². The summed E-state index contributed by atoms with van der Waals surface area (Å²) in [4.78, 5) is 1.68. The first-order valence-electron chi connectivity index (χ1n) is 5.38. The molecule has 1 aliphatic carbocycles. The Morgan fingerprint density at radius 2 is 1.92 bits per heavy atom. The molecule has 0 amide bonds. The van der Waals surface area contributed by atoms with Crippen molar-refractivity contribution in [2.75, 3.05) is 0 Å². The monoisotopic (exact) mass is 194 g/mol. The molecular formula is C12H18S. The summed E-state index contributed by atoms with van der Waals surface area (Å²) in [5.41, 5.74) is 3.33. The largest absolute Gasteiger partial charge is 0.148 e. The maximum atomic E-state index is 2.39. The predicted molar refractivity (Wildman–Crippen MR) is 59.7 cm³/mol. The van der Waals surface area contributed by atoms with Crippen LogP contribution in [-0.4, -0.2) is 0 Å². The molecule has 0 fully saturated rings. The van der Waals surface area contributed by atoms with Crippen LogP contribution in [0.5, 0.6) is 0 Å². The molecule has 0 saturated carbocycles. The van der Waals surface area contributed by atoms with Gasteiger partial charge in [-0.2, -0.15) is 0 Å². The van der Waals surface area contributed by atoms with E-state index in [-0.39, 0.29) is 0 Å². The number of aryl methyl sites for hydroxylation is 1. The van der Waals surface area contributed by atoms with E-state index in [0.29, 0.717) is 0 Å². The van der Waals surface area contributed by atoms with Crippen LogP contribution < -0.4 is 0 Å². The third-order valence-electron chi connectivity index (χ3n) is 2.97. The van der Waals surface area contributed by atoms with Gasteiger partial charge < -0.3 is 0 Å². The molecule has 0 radical (unpaired) electrons. The Morgan fingerprint density at radius 1 is 1.15 bits per heavy atom. The lowest BCUT2D eigenvalue weighted by atomic mass is 9.98. The quantitative estimate of drug-likeness (QED) is 0.589. The highest BCUT2D eigenvalue weighted by molar-refractivity contribution is 7.10. The minimum Gasteiger partial charge on any atom is -0.148 e. The van der Waals surface area contributed by atoms with Gasteiger partial charge in [0.15, 0.2) is 0 Å². The van der Waals surface area contributed by atoms with Crippen molar-refractivity contribution in [3.8, 4) is 0 Å². The molecule has 0 aliphatic heterocycles. The van der Waals surface area contributed by atoms with Crippen LogP contribution in [0.15, 0.2) is 5.38 Å². The number of thiophene rings is 1. The average Bonchev–Trinajstić information content (AvgIpc) is 2.36. The Bertz CT molecular complexity index is 283. The van der Waals surface area contributed by atoms with Gasteiger partial charge in [-0.3, -0.25) is 0 Å². The molecule has 0 atom stereocenters. The van der Waals surface area contributed by atoms with Crippen LogP contribution in [0.2, 0.25) is 0 Å². The van der Waals surface area contributed by atoms with E-state index in [1.165, 1.54) is 32.1 Å². The highest BCUT2D eigenvalue weighted by Gasteiger charge is 2.15. The van der Waals surface area contributed by atoms with E-state index in [1.54, 1.807) is 16.0 Å². The van der Waals surface area contributed by atoms with E-state index in [0.717, 1.165) is 5.92 Å². The van der Waals surface area contributed by atoms with Crippen LogP contribution in [-0.2, 0) is 12.8 Å². The van der Waals surface area contributed by atoms with E-state index in [9.17, 15) is 0 Å². The van der Waals surface area contributed by atoms with E-state index in [4.69, 9.17) is 0 Å². The van der Waals surface area contributed by atoms with Crippen LogP contribution in [0.25, 0.3) is 0 Å². The summed E-state index contributed by atoms with van der Waals surface area (Å²) in [6.07, 6.45) is 6.92. The second-order valence-electron chi connectivity index (χ2n) is 4.31. The molecule has 2 rings (SSSR count). The second-order valence-corrected chi connectivity index (χ2v) is 5.27. The smallest absolute Gasteiger partial charge is 0.00801 e. The standard InChI is InChI=1S/C12H18S/c1-9(2)11-8-13-12-7-5-3-4-6-10(11)12/h8-9H,3-7H2,1-2H3. The van der Waals surface area contributed by atoms with E-state index in [2.05, 4.69) is 19.2 Å². The highest BCUT2D eigenvalue weighted by atomic mass is 32.1. The Hall–Kier alpha value is -0.300. The summed E-state index contributed by atoms with van der Waals surface area (Å²) in [6.45, 7) is 4.63. The molecule has 0 spiro atoms. The topological polar surface area (TPSA) is 0 Å². The molecule has 0 nitrogen and oxygen atoms in total. The number of rotatable bonds is 1. The van der Waals surface area contributed by atoms with Gasteiger partial charge in [0.05, 0.1) is 0 Å². The van der Waals surface area contributed by atoms with Crippen molar-refractivity contribution in [1.29, 1.82) is 0 Å². The van der Waals surface area contributed by atoms with Gasteiger partial charge in [-0.15, -0.1) is 11.3 Å². The summed E-state index contributed by atoms with van der Waals surface area (Å²) in [5, 5.41) is 2.39. The molecule has 1 heteroatoms. The summed E-state index contributed by atoms with van der Waals surface area (Å²) in [7, 11) is 0. The van der Waals surface area contributed by atoms with Crippen LogP contribution in [0.1, 0.15) is 55.0 Å². The fourth-order valence-corrected chi connectivity index (χ4v) is 3.49. The normalized spacial score (nSPS) is 17.2. The summed E-state index contributed by atoms with van der Waals surface area (Å²) < 4.78 is 0. The first kappa shape index (κ1) is 9.26. The maximum Gasteiger partial charge on any atom is 0.00801 e. The Labute approximate surface area is 85.0 Å². The highest BCUT2D eigenvalue weighted by Crippen LogP contribution is 2.33. The molecule has 0 saturated heterocycles.